The topological polar surface area (TPSA) is 30.9 Å². The Morgan fingerprint density at radius 1 is 1.16 bits per heavy atom. The highest BCUT2D eigenvalue weighted by Crippen LogP contribution is 2.22. The average Bonchev–Trinajstić information content (AvgIpc) is 3.26. The SMILES string of the molecule is CN=C(NCc1ccc(C(C)(C)C)cc1)N1CCC(N2CC=CC2)C1. The van der Waals surface area contributed by atoms with Gasteiger partial charge < -0.3 is 10.2 Å². The molecule has 2 aliphatic rings. The molecule has 0 radical (unpaired) electrons. The van der Waals surface area contributed by atoms with Gasteiger partial charge in [0.25, 0.3) is 0 Å². The lowest BCUT2D eigenvalue weighted by Crippen LogP contribution is -2.42. The predicted molar refractivity (Wildman–Crippen MR) is 106 cm³/mol. The standard InChI is InChI=1S/C21H32N4/c1-21(2,3)18-9-7-17(8-10-18)15-23-20(22-4)25-14-11-19(16-25)24-12-5-6-13-24/h5-10,19H,11-16H2,1-4H3,(H,22,23). The van der Waals surface area contributed by atoms with E-state index in [1.54, 1.807) is 0 Å². The second kappa shape index (κ2) is 7.61. The molecule has 1 unspecified atom stereocenters. The van der Waals surface area contributed by atoms with Crippen LogP contribution in [0.2, 0.25) is 0 Å². The Hall–Kier alpha value is -1.81. The van der Waals surface area contributed by atoms with Crippen LogP contribution in [0.5, 0.6) is 0 Å². The van der Waals surface area contributed by atoms with Crippen molar-refractivity contribution in [2.45, 2.75) is 45.2 Å². The first kappa shape index (κ1) is 18.0. The van der Waals surface area contributed by atoms with Gasteiger partial charge in [0.2, 0.25) is 0 Å². The van der Waals surface area contributed by atoms with E-state index in [2.05, 4.69) is 77.3 Å². The van der Waals surface area contributed by atoms with E-state index in [4.69, 9.17) is 0 Å². The third kappa shape index (κ3) is 4.43. The highest BCUT2D eigenvalue weighted by atomic mass is 15.3. The Labute approximate surface area is 152 Å². The van der Waals surface area contributed by atoms with Gasteiger partial charge in [-0.15, -0.1) is 0 Å². The molecule has 0 aromatic heterocycles. The number of hydrogen-bond acceptors (Lipinski definition) is 2. The summed E-state index contributed by atoms with van der Waals surface area (Å²) in [6, 6.07) is 9.59. The molecule has 0 saturated carbocycles. The number of hydrogen-bond donors (Lipinski definition) is 1. The summed E-state index contributed by atoms with van der Waals surface area (Å²) in [4.78, 5) is 9.45. The minimum absolute atomic E-state index is 0.205. The molecule has 2 aliphatic heterocycles. The van der Waals surface area contributed by atoms with Gasteiger partial charge in [-0.2, -0.15) is 0 Å². The lowest BCUT2D eigenvalue weighted by atomic mass is 9.87. The molecule has 136 valence electrons. The number of aliphatic imine (C=N–C) groups is 1. The molecule has 1 atom stereocenters. The van der Waals surface area contributed by atoms with Gasteiger partial charge in [-0.3, -0.25) is 9.89 Å². The van der Waals surface area contributed by atoms with Gasteiger partial charge in [0, 0.05) is 45.8 Å². The summed E-state index contributed by atoms with van der Waals surface area (Å²) in [5.41, 5.74) is 2.88. The van der Waals surface area contributed by atoms with Crippen molar-refractivity contribution in [2.24, 2.45) is 4.99 Å². The Kier molecular flexibility index (Phi) is 5.48. The molecule has 0 aliphatic carbocycles. The van der Waals surface area contributed by atoms with Crippen LogP contribution in [0.4, 0.5) is 0 Å². The van der Waals surface area contributed by atoms with Gasteiger partial charge in [-0.25, -0.2) is 0 Å². The van der Waals surface area contributed by atoms with Crippen molar-refractivity contribution in [1.29, 1.82) is 0 Å². The summed E-state index contributed by atoms with van der Waals surface area (Å²) in [5.74, 6) is 1.02. The molecule has 4 heteroatoms. The number of likely N-dealkylation sites (tertiary alicyclic amines) is 1. The predicted octanol–water partition coefficient (Wildman–Crippen LogP) is 3.01. The van der Waals surface area contributed by atoms with E-state index in [9.17, 15) is 0 Å². The maximum absolute atomic E-state index is 4.50. The summed E-state index contributed by atoms with van der Waals surface area (Å²) in [6.45, 7) is 11.9. The first-order valence-corrected chi connectivity index (χ1v) is 9.41. The molecule has 2 heterocycles. The highest BCUT2D eigenvalue weighted by Gasteiger charge is 2.29. The largest absolute Gasteiger partial charge is 0.352 e. The van der Waals surface area contributed by atoms with Gasteiger partial charge >= 0.3 is 0 Å². The molecule has 3 rings (SSSR count). The summed E-state index contributed by atoms with van der Waals surface area (Å²) >= 11 is 0. The molecule has 0 bridgehead atoms. The monoisotopic (exact) mass is 340 g/mol. The van der Waals surface area contributed by atoms with E-state index in [1.807, 2.05) is 7.05 Å². The molecule has 1 N–H and O–H groups in total. The van der Waals surface area contributed by atoms with Crippen LogP contribution < -0.4 is 5.32 Å². The van der Waals surface area contributed by atoms with Crippen molar-refractivity contribution >= 4 is 5.96 Å². The number of rotatable bonds is 3. The van der Waals surface area contributed by atoms with Crippen molar-refractivity contribution in [1.82, 2.24) is 15.1 Å². The highest BCUT2D eigenvalue weighted by molar-refractivity contribution is 5.80. The van der Waals surface area contributed by atoms with Crippen LogP contribution >= 0.6 is 0 Å². The van der Waals surface area contributed by atoms with Crippen LogP contribution in [-0.2, 0) is 12.0 Å². The van der Waals surface area contributed by atoms with Gasteiger partial charge in [0.05, 0.1) is 0 Å². The first-order valence-electron chi connectivity index (χ1n) is 9.41. The Bertz CT molecular complexity index is 616. The zero-order valence-corrected chi connectivity index (χ0v) is 16.1. The Morgan fingerprint density at radius 2 is 1.84 bits per heavy atom. The molecule has 0 spiro atoms. The first-order chi connectivity index (χ1) is 12.0. The number of nitrogens with one attached hydrogen (secondary N) is 1. The van der Waals surface area contributed by atoms with E-state index in [-0.39, 0.29) is 5.41 Å². The zero-order valence-electron chi connectivity index (χ0n) is 16.1. The molecular weight excluding hydrogens is 308 g/mol. The molecule has 1 saturated heterocycles. The van der Waals surface area contributed by atoms with Gasteiger partial charge in [-0.05, 0) is 23.0 Å². The zero-order chi connectivity index (χ0) is 17.9. The number of benzene rings is 1. The van der Waals surface area contributed by atoms with Crippen LogP contribution in [0.1, 0.15) is 38.3 Å². The van der Waals surface area contributed by atoms with Crippen LogP contribution in [0.15, 0.2) is 41.4 Å². The van der Waals surface area contributed by atoms with Crippen molar-refractivity contribution in [3.8, 4) is 0 Å². The van der Waals surface area contributed by atoms with Crippen molar-refractivity contribution in [3.05, 3.63) is 47.5 Å². The minimum atomic E-state index is 0.205. The van der Waals surface area contributed by atoms with E-state index in [1.165, 1.54) is 17.5 Å². The molecule has 1 aromatic rings. The fourth-order valence-corrected chi connectivity index (χ4v) is 3.66. The summed E-state index contributed by atoms with van der Waals surface area (Å²) < 4.78 is 0. The second-order valence-electron chi connectivity index (χ2n) is 8.16. The average molecular weight is 341 g/mol. The van der Waals surface area contributed by atoms with E-state index in [0.29, 0.717) is 6.04 Å². The molecule has 1 fully saturated rings. The summed E-state index contributed by atoms with van der Waals surface area (Å²) in [7, 11) is 1.88. The van der Waals surface area contributed by atoms with Gasteiger partial charge in [0.1, 0.15) is 0 Å². The van der Waals surface area contributed by atoms with Crippen LogP contribution in [0.25, 0.3) is 0 Å². The molecule has 0 amide bonds. The normalized spacial score (nSPS) is 22.0. The van der Waals surface area contributed by atoms with Crippen molar-refractivity contribution in [2.75, 3.05) is 33.2 Å². The number of nitrogens with zero attached hydrogens (tertiary/aromatic N) is 3. The van der Waals surface area contributed by atoms with Crippen molar-refractivity contribution < 1.29 is 0 Å². The molecule has 4 nitrogen and oxygen atoms in total. The second-order valence-corrected chi connectivity index (χ2v) is 8.16. The molecular formula is C21H32N4. The lowest BCUT2D eigenvalue weighted by Gasteiger charge is -2.25. The van der Waals surface area contributed by atoms with Crippen molar-refractivity contribution in [3.63, 3.8) is 0 Å². The summed E-state index contributed by atoms with van der Waals surface area (Å²) in [6.07, 6.45) is 5.77. The van der Waals surface area contributed by atoms with Crippen LogP contribution in [0, 0.1) is 0 Å². The van der Waals surface area contributed by atoms with E-state index >= 15 is 0 Å². The quantitative estimate of drug-likeness (QED) is 0.521. The van der Waals surface area contributed by atoms with Crippen LogP contribution in [0.3, 0.4) is 0 Å². The lowest BCUT2D eigenvalue weighted by molar-refractivity contribution is 0.259. The van der Waals surface area contributed by atoms with Crippen LogP contribution in [-0.4, -0.2) is 55.0 Å². The molecule has 1 aromatic carbocycles. The van der Waals surface area contributed by atoms with Gasteiger partial charge in [0.15, 0.2) is 5.96 Å². The summed E-state index contributed by atoms with van der Waals surface area (Å²) in [5, 5.41) is 3.54. The van der Waals surface area contributed by atoms with Gasteiger partial charge in [-0.1, -0.05) is 57.2 Å². The number of guanidine groups is 1. The Morgan fingerprint density at radius 3 is 2.44 bits per heavy atom. The minimum Gasteiger partial charge on any atom is -0.352 e. The fourth-order valence-electron chi connectivity index (χ4n) is 3.66. The van der Waals surface area contributed by atoms with E-state index in [0.717, 1.165) is 38.7 Å². The Balaban J connectivity index is 1.53. The molecule has 25 heavy (non-hydrogen) atoms. The van der Waals surface area contributed by atoms with E-state index < -0.39 is 0 Å². The third-order valence-electron chi connectivity index (χ3n) is 5.31. The smallest absolute Gasteiger partial charge is 0.193 e. The fraction of sp³-hybridized carbons (Fsp3) is 0.571. The maximum atomic E-state index is 4.50. The third-order valence-corrected chi connectivity index (χ3v) is 5.31. The maximum Gasteiger partial charge on any atom is 0.193 e.